The first-order valence-electron chi connectivity index (χ1n) is 10.1. The Morgan fingerprint density at radius 2 is 1.83 bits per heavy atom. The van der Waals surface area contributed by atoms with Gasteiger partial charge in [-0.05, 0) is 55.0 Å². The molecule has 0 bridgehead atoms. The van der Waals surface area contributed by atoms with Crippen molar-refractivity contribution in [2.75, 3.05) is 5.73 Å². The number of nitrogens with zero attached hydrogens (tertiary/aromatic N) is 2. The van der Waals surface area contributed by atoms with E-state index in [9.17, 15) is 13.2 Å². The van der Waals surface area contributed by atoms with Crippen molar-refractivity contribution in [3.63, 3.8) is 0 Å². The topological polar surface area (TPSA) is 76.3 Å². The van der Waals surface area contributed by atoms with Crippen molar-refractivity contribution < 1.29 is 18.0 Å². The number of halogens is 3. The van der Waals surface area contributed by atoms with E-state index >= 15 is 0 Å². The van der Waals surface area contributed by atoms with Crippen molar-refractivity contribution in [2.45, 2.75) is 50.3 Å². The Morgan fingerprint density at radius 1 is 1.07 bits per heavy atom. The lowest BCUT2D eigenvalue weighted by molar-refractivity contribution is -0.137. The second kappa shape index (κ2) is 6.75. The summed E-state index contributed by atoms with van der Waals surface area (Å²) in [5.74, 6) is 0.556. The second-order valence-electron chi connectivity index (χ2n) is 8.14. The summed E-state index contributed by atoms with van der Waals surface area (Å²) >= 11 is 0. The Morgan fingerprint density at radius 3 is 2.60 bits per heavy atom. The number of hydrogen-bond donors (Lipinski definition) is 2. The first kappa shape index (κ1) is 19.0. The molecule has 0 atom stereocenters. The van der Waals surface area contributed by atoms with Crippen LogP contribution in [0, 0.1) is 0 Å². The van der Waals surface area contributed by atoms with Gasteiger partial charge in [0.05, 0.1) is 22.3 Å². The van der Waals surface area contributed by atoms with Gasteiger partial charge in [-0.2, -0.15) is 13.2 Å². The molecule has 3 aromatic rings. The quantitative estimate of drug-likeness (QED) is 0.532. The molecule has 1 spiro atoms. The minimum Gasteiger partial charge on any atom is -0.397 e. The van der Waals surface area contributed by atoms with Crippen molar-refractivity contribution in [3.8, 4) is 11.1 Å². The molecule has 1 aliphatic carbocycles. The van der Waals surface area contributed by atoms with E-state index in [1.54, 1.807) is 18.2 Å². The van der Waals surface area contributed by atoms with Crippen LogP contribution in [0.3, 0.4) is 0 Å². The molecule has 8 heteroatoms. The Kier molecular flexibility index (Phi) is 4.27. The van der Waals surface area contributed by atoms with E-state index in [0.29, 0.717) is 34.5 Å². The summed E-state index contributed by atoms with van der Waals surface area (Å²) in [6, 6.07) is 8.64. The molecule has 5 nitrogen and oxygen atoms in total. The molecule has 3 N–H and O–H groups in total. The van der Waals surface area contributed by atoms with E-state index in [1.807, 2.05) is 0 Å². The van der Waals surface area contributed by atoms with E-state index in [1.165, 1.54) is 18.6 Å². The maximum absolute atomic E-state index is 13.4. The minimum atomic E-state index is -4.46. The van der Waals surface area contributed by atoms with Crippen LogP contribution in [-0.2, 0) is 11.0 Å². The van der Waals surface area contributed by atoms with Crippen molar-refractivity contribution in [1.82, 2.24) is 9.97 Å². The number of aromatic nitrogens is 2. The lowest BCUT2D eigenvalue weighted by Gasteiger charge is -2.30. The molecule has 1 saturated carbocycles. The van der Waals surface area contributed by atoms with Crippen LogP contribution in [0.2, 0.25) is 0 Å². The van der Waals surface area contributed by atoms with Crippen molar-refractivity contribution in [1.29, 1.82) is 0 Å². The highest BCUT2D eigenvalue weighted by Crippen LogP contribution is 2.41. The first-order valence-corrected chi connectivity index (χ1v) is 10.1. The standard InChI is InChI=1S/C22H21F3N4O/c23-22(24,25)15-7-3-2-6-14(15)13-10-16(26)19-17(11-13)27-20(28-19)18-12-21(30-29-18)8-4-1-5-9-21/h2-3,6-7,10-11H,1,4-5,8-9,12,26H2,(H,27,28). The molecule has 2 aromatic carbocycles. The van der Waals surface area contributed by atoms with E-state index in [2.05, 4.69) is 15.1 Å². The number of aromatic amines is 1. The van der Waals surface area contributed by atoms with Gasteiger partial charge in [0, 0.05) is 6.42 Å². The van der Waals surface area contributed by atoms with Gasteiger partial charge in [-0.25, -0.2) is 4.98 Å². The van der Waals surface area contributed by atoms with E-state index in [-0.39, 0.29) is 11.2 Å². The first-order chi connectivity index (χ1) is 14.3. The fourth-order valence-electron chi connectivity index (χ4n) is 4.53. The molecule has 0 radical (unpaired) electrons. The average Bonchev–Trinajstić information content (AvgIpc) is 3.33. The molecule has 1 fully saturated rings. The lowest BCUT2D eigenvalue weighted by atomic mass is 9.81. The number of benzene rings is 2. The monoisotopic (exact) mass is 414 g/mol. The highest BCUT2D eigenvalue weighted by atomic mass is 19.4. The predicted octanol–water partition coefficient (Wildman–Crippen LogP) is 5.66. The summed E-state index contributed by atoms with van der Waals surface area (Å²) in [6.45, 7) is 0. The number of H-pyrrole nitrogens is 1. The second-order valence-corrected chi connectivity index (χ2v) is 8.14. The van der Waals surface area contributed by atoms with Crippen LogP contribution in [0.5, 0.6) is 0 Å². The molecule has 156 valence electrons. The fraction of sp³-hybridized carbons (Fsp3) is 0.364. The van der Waals surface area contributed by atoms with Crippen molar-refractivity contribution in [3.05, 3.63) is 47.8 Å². The van der Waals surface area contributed by atoms with Gasteiger partial charge in [0.1, 0.15) is 11.3 Å². The van der Waals surface area contributed by atoms with Crippen LogP contribution in [0.15, 0.2) is 41.6 Å². The van der Waals surface area contributed by atoms with Crippen LogP contribution in [0.25, 0.3) is 22.2 Å². The highest BCUT2D eigenvalue weighted by molar-refractivity contribution is 6.03. The summed E-state index contributed by atoms with van der Waals surface area (Å²) in [5, 5.41) is 4.27. The third-order valence-electron chi connectivity index (χ3n) is 6.04. The molecule has 1 aliphatic heterocycles. The number of alkyl halides is 3. The number of hydrogen-bond acceptors (Lipinski definition) is 4. The molecule has 2 aliphatic rings. The zero-order valence-corrected chi connectivity index (χ0v) is 16.2. The van der Waals surface area contributed by atoms with Gasteiger partial charge >= 0.3 is 6.18 Å². The lowest BCUT2D eigenvalue weighted by Crippen LogP contribution is -2.31. The highest BCUT2D eigenvalue weighted by Gasteiger charge is 2.41. The van der Waals surface area contributed by atoms with Gasteiger partial charge in [-0.1, -0.05) is 29.8 Å². The van der Waals surface area contributed by atoms with Gasteiger partial charge in [0.15, 0.2) is 5.82 Å². The van der Waals surface area contributed by atoms with Crippen LogP contribution in [0.1, 0.15) is 49.9 Å². The Bertz CT molecular complexity index is 1140. The van der Waals surface area contributed by atoms with Gasteiger partial charge in [0.25, 0.3) is 0 Å². The number of rotatable bonds is 2. The number of oxime groups is 1. The SMILES string of the molecule is Nc1cc(-c2ccccc2C(F)(F)F)cc2nc(C3=NOC4(CCCCC4)C3)[nH]c12. The van der Waals surface area contributed by atoms with Crippen LogP contribution < -0.4 is 5.73 Å². The smallest absolute Gasteiger partial charge is 0.397 e. The maximum atomic E-state index is 13.4. The molecular formula is C22H21F3N4O. The average molecular weight is 414 g/mol. The number of nitrogens with two attached hydrogens (primary N) is 1. The van der Waals surface area contributed by atoms with Gasteiger partial charge in [-0.15, -0.1) is 0 Å². The summed E-state index contributed by atoms with van der Waals surface area (Å²) in [7, 11) is 0. The zero-order chi connectivity index (χ0) is 20.9. The van der Waals surface area contributed by atoms with Crippen LogP contribution in [-0.4, -0.2) is 21.3 Å². The Balaban J connectivity index is 1.52. The maximum Gasteiger partial charge on any atom is 0.417 e. The number of imidazole rings is 1. The van der Waals surface area contributed by atoms with E-state index in [4.69, 9.17) is 10.6 Å². The Hall–Kier alpha value is -3.03. The van der Waals surface area contributed by atoms with Crippen LogP contribution >= 0.6 is 0 Å². The summed E-state index contributed by atoms with van der Waals surface area (Å²) in [5.41, 5.74) is 7.84. The fourth-order valence-corrected chi connectivity index (χ4v) is 4.53. The number of nitrogen functional groups attached to an aromatic ring is 1. The number of nitrogens with one attached hydrogen (secondary N) is 1. The molecule has 5 rings (SSSR count). The molecule has 0 amide bonds. The summed E-state index contributed by atoms with van der Waals surface area (Å²) in [4.78, 5) is 13.6. The summed E-state index contributed by atoms with van der Waals surface area (Å²) in [6.07, 6.45) is 1.62. The van der Waals surface area contributed by atoms with Gasteiger partial charge in [0.2, 0.25) is 0 Å². The molecular weight excluding hydrogens is 393 g/mol. The number of fused-ring (bicyclic) bond motifs is 1. The molecule has 30 heavy (non-hydrogen) atoms. The molecule has 0 unspecified atom stereocenters. The zero-order valence-electron chi connectivity index (χ0n) is 16.2. The third kappa shape index (κ3) is 3.20. The predicted molar refractivity (Wildman–Crippen MR) is 109 cm³/mol. The Labute approximate surface area is 171 Å². The van der Waals surface area contributed by atoms with Crippen LogP contribution in [0.4, 0.5) is 18.9 Å². The minimum absolute atomic E-state index is 0.0749. The molecule has 1 aromatic heterocycles. The normalized spacial score (nSPS) is 18.6. The van der Waals surface area contributed by atoms with E-state index < -0.39 is 11.7 Å². The molecule has 2 heterocycles. The third-order valence-corrected chi connectivity index (χ3v) is 6.04. The van der Waals surface area contributed by atoms with Gasteiger partial charge in [-0.3, -0.25) is 0 Å². The van der Waals surface area contributed by atoms with Gasteiger partial charge < -0.3 is 15.6 Å². The van der Waals surface area contributed by atoms with Crippen molar-refractivity contribution in [2.24, 2.45) is 5.16 Å². The summed E-state index contributed by atoms with van der Waals surface area (Å²) < 4.78 is 40.3. The molecule has 0 saturated heterocycles. The number of anilines is 1. The van der Waals surface area contributed by atoms with E-state index in [0.717, 1.165) is 37.5 Å². The largest absolute Gasteiger partial charge is 0.417 e. The van der Waals surface area contributed by atoms with Crippen molar-refractivity contribution >= 4 is 22.4 Å².